The molecule has 1 fully saturated rings. The quantitative estimate of drug-likeness (QED) is 0.602. The summed E-state index contributed by atoms with van der Waals surface area (Å²) in [5.74, 6) is -0.382. The molecule has 1 saturated carbocycles. The molecule has 1 aliphatic carbocycles. The summed E-state index contributed by atoms with van der Waals surface area (Å²) in [6, 6.07) is 0. The second kappa shape index (κ2) is 3.09. The number of hydrogen-bond donors (Lipinski definition) is 0. The molecule has 0 radical (unpaired) electrons. The fourth-order valence-corrected chi connectivity index (χ4v) is 2.44. The topological polar surface area (TPSA) is 35.5 Å². The van der Waals surface area contributed by atoms with Gasteiger partial charge in [-0.05, 0) is 25.7 Å². The smallest absolute Gasteiger partial charge is 0.336 e. The molecule has 1 heterocycles. The summed E-state index contributed by atoms with van der Waals surface area (Å²) in [6.07, 6.45) is 2.84. The van der Waals surface area contributed by atoms with Crippen molar-refractivity contribution in [3.63, 3.8) is 0 Å². The Hall–Kier alpha value is -0.830. The van der Waals surface area contributed by atoms with Gasteiger partial charge in [0.05, 0.1) is 0 Å². The average Bonchev–Trinajstić information content (AvgIpc) is 2.40. The molecule has 0 bridgehead atoms. The van der Waals surface area contributed by atoms with Crippen LogP contribution in [0.15, 0.2) is 11.1 Å². The molecule has 2 rings (SSSR count). The third-order valence-corrected chi connectivity index (χ3v) is 3.31. The van der Waals surface area contributed by atoms with E-state index in [1.54, 1.807) is 7.11 Å². The Morgan fingerprint density at radius 2 is 2.29 bits per heavy atom. The molecule has 0 saturated heterocycles. The van der Waals surface area contributed by atoms with Gasteiger partial charge in [-0.2, -0.15) is 0 Å². The molecule has 0 amide bonds. The molecule has 3 heteroatoms. The molecule has 78 valence electrons. The first-order valence-corrected chi connectivity index (χ1v) is 5.08. The number of carbonyl (C=O) groups excluding carboxylic acids is 1. The molecule has 2 atom stereocenters. The maximum absolute atomic E-state index is 11.5. The van der Waals surface area contributed by atoms with Crippen LogP contribution >= 0.6 is 0 Å². The van der Waals surface area contributed by atoms with Gasteiger partial charge in [-0.25, -0.2) is 4.79 Å². The van der Waals surface area contributed by atoms with Gasteiger partial charge in [0.2, 0.25) is 5.79 Å². The summed E-state index contributed by atoms with van der Waals surface area (Å²) < 4.78 is 10.8. The number of rotatable bonds is 1. The number of hydrogen-bond acceptors (Lipinski definition) is 3. The Kier molecular flexibility index (Phi) is 2.14. The zero-order valence-corrected chi connectivity index (χ0v) is 8.92. The van der Waals surface area contributed by atoms with Gasteiger partial charge < -0.3 is 9.47 Å². The van der Waals surface area contributed by atoms with Crippen molar-refractivity contribution in [2.45, 2.75) is 38.9 Å². The summed E-state index contributed by atoms with van der Waals surface area (Å²) in [5, 5.41) is 0. The highest BCUT2D eigenvalue weighted by Crippen LogP contribution is 2.45. The molecule has 0 spiro atoms. The molecular weight excluding hydrogens is 180 g/mol. The Morgan fingerprint density at radius 3 is 2.93 bits per heavy atom. The van der Waals surface area contributed by atoms with E-state index in [2.05, 4.69) is 6.92 Å². The average molecular weight is 196 g/mol. The number of ether oxygens (including phenoxy) is 2. The van der Waals surface area contributed by atoms with Crippen LogP contribution in [0.4, 0.5) is 0 Å². The lowest BCUT2D eigenvalue weighted by molar-refractivity contribution is -0.202. The first-order chi connectivity index (χ1) is 6.59. The minimum Gasteiger partial charge on any atom is -0.426 e. The Morgan fingerprint density at radius 1 is 1.57 bits per heavy atom. The van der Waals surface area contributed by atoms with Crippen molar-refractivity contribution in [1.82, 2.24) is 0 Å². The van der Waals surface area contributed by atoms with Crippen LogP contribution in [0.25, 0.3) is 0 Å². The van der Waals surface area contributed by atoms with Gasteiger partial charge in [0.25, 0.3) is 0 Å². The highest BCUT2D eigenvalue weighted by Gasteiger charge is 2.49. The second-order valence-corrected chi connectivity index (χ2v) is 4.30. The highest BCUT2D eigenvalue weighted by molar-refractivity contribution is 5.92. The van der Waals surface area contributed by atoms with E-state index < -0.39 is 5.79 Å². The predicted octanol–water partition coefficient (Wildman–Crippen LogP) is 2.02. The standard InChI is InChI=1S/C11H16O3/c1-7-4-5-9-8(2)10(12)14-11(9,6-7)13-3/h7H,4-6H2,1-3H3. The third kappa shape index (κ3) is 1.19. The fraction of sp³-hybridized carbons (Fsp3) is 0.727. The summed E-state index contributed by atoms with van der Waals surface area (Å²) in [6.45, 7) is 3.99. The summed E-state index contributed by atoms with van der Waals surface area (Å²) >= 11 is 0. The second-order valence-electron chi connectivity index (χ2n) is 4.30. The maximum atomic E-state index is 11.5. The van der Waals surface area contributed by atoms with Crippen LogP contribution in [-0.2, 0) is 14.3 Å². The molecule has 0 aromatic heterocycles. The number of methoxy groups -OCH3 is 1. The van der Waals surface area contributed by atoms with Crippen molar-refractivity contribution in [1.29, 1.82) is 0 Å². The van der Waals surface area contributed by atoms with Crippen LogP contribution in [-0.4, -0.2) is 18.9 Å². The minimum atomic E-state index is -0.723. The molecular formula is C11H16O3. The van der Waals surface area contributed by atoms with E-state index in [-0.39, 0.29) is 5.97 Å². The van der Waals surface area contributed by atoms with Crippen LogP contribution < -0.4 is 0 Å². The van der Waals surface area contributed by atoms with Gasteiger partial charge in [0.1, 0.15) is 0 Å². The lowest BCUT2D eigenvalue weighted by atomic mass is 9.81. The lowest BCUT2D eigenvalue weighted by Gasteiger charge is -2.36. The monoisotopic (exact) mass is 196 g/mol. The van der Waals surface area contributed by atoms with Crippen molar-refractivity contribution in [3.05, 3.63) is 11.1 Å². The molecule has 0 N–H and O–H groups in total. The largest absolute Gasteiger partial charge is 0.426 e. The molecule has 0 aromatic carbocycles. The summed E-state index contributed by atoms with van der Waals surface area (Å²) in [7, 11) is 1.62. The SMILES string of the molecule is COC12CC(C)CCC1=C(C)C(=O)O2. The molecule has 14 heavy (non-hydrogen) atoms. The first kappa shape index (κ1) is 9.71. The van der Waals surface area contributed by atoms with Crippen molar-refractivity contribution in [3.8, 4) is 0 Å². The Labute approximate surface area is 84.1 Å². The van der Waals surface area contributed by atoms with Crippen molar-refractivity contribution in [2.24, 2.45) is 5.92 Å². The van der Waals surface area contributed by atoms with Crippen molar-refractivity contribution in [2.75, 3.05) is 7.11 Å². The van der Waals surface area contributed by atoms with Crippen LogP contribution in [0.2, 0.25) is 0 Å². The first-order valence-electron chi connectivity index (χ1n) is 5.08. The lowest BCUT2D eigenvalue weighted by Crippen LogP contribution is -2.39. The maximum Gasteiger partial charge on any atom is 0.336 e. The normalized spacial score (nSPS) is 37.1. The Balaban J connectivity index is 2.38. The number of esters is 1. The van der Waals surface area contributed by atoms with E-state index in [4.69, 9.17) is 9.47 Å². The molecule has 2 unspecified atom stereocenters. The van der Waals surface area contributed by atoms with Gasteiger partial charge >= 0.3 is 5.97 Å². The van der Waals surface area contributed by atoms with Gasteiger partial charge in [-0.15, -0.1) is 0 Å². The zero-order chi connectivity index (χ0) is 10.3. The van der Waals surface area contributed by atoms with Gasteiger partial charge in [0, 0.05) is 24.7 Å². The fourth-order valence-electron chi connectivity index (χ4n) is 2.44. The molecule has 1 aliphatic heterocycles. The highest BCUT2D eigenvalue weighted by atomic mass is 16.7. The van der Waals surface area contributed by atoms with Gasteiger partial charge in [-0.1, -0.05) is 6.92 Å². The minimum absolute atomic E-state index is 0.212. The molecule has 2 aliphatic rings. The van der Waals surface area contributed by atoms with E-state index >= 15 is 0 Å². The van der Waals surface area contributed by atoms with Gasteiger partial charge in [-0.3, -0.25) is 0 Å². The molecule has 3 nitrogen and oxygen atoms in total. The van der Waals surface area contributed by atoms with Crippen LogP contribution in [0.3, 0.4) is 0 Å². The zero-order valence-electron chi connectivity index (χ0n) is 8.92. The van der Waals surface area contributed by atoms with E-state index in [9.17, 15) is 4.79 Å². The van der Waals surface area contributed by atoms with Crippen molar-refractivity contribution >= 4 is 5.97 Å². The van der Waals surface area contributed by atoms with Crippen LogP contribution in [0.5, 0.6) is 0 Å². The van der Waals surface area contributed by atoms with Crippen LogP contribution in [0.1, 0.15) is 33.1 Å². The van der Waals surface area contributed by atoms with E-state index in [1.165, 1.54) is 0 Å². The third-order valence-electron chi connectivity index (χ3n) is 3.31. The van der Waals surface area contributed by atoms with E-state index in [0.717, 1.165) is 30.4 Å². The van der Waals surface area contributed by atoms with Crippen molar-refractivity contribution < 1.29 is 14.3 Å². The van der Waals surface area contributed by atoms with Crippen LogP contribution in [0, 0.1) is 5.92 Å². The predicted molar refractivity (Wildman–Crippen MR) is 51.5 cm³/mol. The van der Waals surface area contributed by atoms with E-state index in [0.29, 0.717) is 5.92 Å². The summed E-state index contributed by atoms with van der Waals surface area (Å²) in [5.41, 5.74) is 1.81. The van der Waals surface area contributed by atoms with Gasteiger partial charge in [0.15, 0.2) is 0 Å². The summed E-state index contributed by atoms with van der Waals surface area (Å²) in [4.78, 5) is 11.5. The Bertz CT molecular complexity index is 306. The number of carbonyl (C=O) groups is 1. The van der Waals surface area contributed by atoms with E-state index in [1.807, 2.05) is 6.92 Å². The molecule has 0 aromatic rings. The number of fused-ring (bicyclic) bond motifs is 1.